The second-order valence-corrected chi connectivity index (χ2v) is 6.45. The van der Waals surface area contributed by atoms with Crippen LogP contribution in [0.2, 0.25) is 0 Å². The maximum absolute atomic E-state index is 12.2. The molecule has 0 aliphatic rings. The van der Waals surface area contributed by atoms with Gasteiger partial charge in [-0.15, -0.1) is 11.3 Å². The van der Waals surface area contributed by atoms with Gasteiger partial charge in [-0.25, -0.2) is 4.98 Å². The van der Waals surface area contributed by atoms with Crippen LogP contribution in [0.15, 0.2) is 41.3 Å². The summed E-state index contributed by atoms with van der Waals surface area (Å²) in [5, 5.41) is 1.87. The molecule has 4 rings (SSSR count). The van der Waals surface area contributed by atoms with Crippen LogP contribution in [0.3, 0.4) is 0 Å². The molecule has 0 spiro atoms. The maximum atomic E-state index is 12.2. The number of thiophene rings is 1. The molecule has 0 bridgehead atoms. The van der Waals surface area contributed by atoms with E-state index in [1.807, 2.05) is 30.5 Å². The van der Waals surface area contributed by atoms with E-state index in [1.54, 1.807) is 11.3 Å². The van der Waals surface area contributed by atoms with Gasteiger partial charge in [0.25, 0.3) is 5.56 Å². The van der Waals surface area contributed by atoms with Crippen LogP contribution in [0.4, 0.5) is 0 Å². The van der Waals surface area contributed by atoms with E-state index < -0.39 is 0 Å². The number of aromatic amines is 2. The summed E-state index contributed by atoms with van der Waals surface area (Å²) < 4.78 is 0. The molecule has 22 heavy (non-hydrogen) atoms. The zero-order chi connectivity index (χ0) is 15.1. The number of benzene rings is 1. The lowest BCUT2D eigenvalue weighted by atomic mass is 10.1. The van der Waals surface area contributed by atoms with E-state index in [2.05, 4.69) is 27.9 Å². The number of aryl methyl sites for hydroxylation is 1. The van der Waals surface area contributed by atoms with Crippen molar-refractivity contribution in [3.05, 3.63) is 63.1 Å². The molecular formula is C17H15N3OS. The molecule has 4 aromatic rings. The summed E-state index contributed by atoms with van der Waals surface area (Å²) >= 11 is 1.60. The molecule has 0 atom stereocenters. The number of hydrogen-bond acceptors (Lipinski definition) is 3. The van der Waals surface area contributed by atoms with Gasteiger partial charge in [-0.3, -0.25) is 4.79 Å². The molecule has 0 aliphatic carbocycles. The molecule has 0 saturated carbocycles. The first-order valence-corrected chi connectivity index (χ1v) is 8.13. The molecule has 0 aliphatic heterocycles. The lowest BCUT2D eigenvalue weighted by molar-refractivity contribution is 0.982. The highest BCUT2D eigenvalue weighted by molar-refractivity contribution is 7.18. The van der Waals surface area contributed by atoms with Crippen LogP contribution >= 0.6 is 11.3 Å². The van der Waals surface area contributed by atoms with Crippen molar-refractivity contribution < 1.29 is 0 Å². The number of hydrogen-bond donors (Lipinski definition) is 2. The fourth-order valence-corrected chi connectivity index (χ4v) is 3.73. The summed E-state index contributed by atoms with van der Waals surface area (Å²) in [6.45, 7) is 2.09. The number of nitrogens with one attached hydrogen (secondary N) is 2. The van der Waals surface area contributed by atoms with Crippen molar-refractivity contribution in [2.75, 3.05) is 0 Å². The van der Waals surface area contributed by atoms with E-state index in [0.29, 0.717) is 17.6 Å². The SMILES string of the molecule is CCc1cc2c(=O)[nH]c(Cc3c[nH]c4ccccc34)nc2s1. The Labute approximate surface area is 130 Å². The predicted octanol–water partition coefficient (Wildman–Crippen LogP) is 3.62. The van der Waals surface area contributed by atoms with Crippen molar-refractivity contribution >= 4 is 32.5 Å². The van der Waals surface area contributed by atoms with Crippen LogP contribution in [-0.4, -0.2) is 15.0 Å². The Hall–Kier alpha value is -2.40. The second kappa shape index (κ2) is 5.10. The molecule has 0 radical (unpaired) electrons. The molecule has 0 unspecified atom stereocenters. The van der Waals surface area contributed by atoms with E-state index in [0.717, 1.165) is 22.3 Å². The fraction of sp³-hybridized carbons (Fsp3) is 0.176. The van der Waals surface area contributed by atoms with Crippen molar-refractivity contribution in [3.63, 3.8) is 0 Å². The van der Waals surface area contributed by atoms with Gasteiger partial charge in [0.05, 0.1) is 5.39 Å². The van der Waals surface area contributed by atoms with Crippen LogP contribution in [0.5, 0.6) is 0 Å². The minimum atomic E-state index is -0.0456. The summed E-state index contributed by atoms with van der Waals surface area (Å²) in [5.41, 5.74) is 2.20. The van der Waals surface area contributed by atoms with Crippen LogP contribution in [0.1, 0.15) is 23.2 Å². The predicted molar refractivity (Wildman–Crippen MR) is 90.7 cm³/mol. The highest BCUT2D eigenvalue weighted by Crippen LogP contribution is 2.23. The first kappa shape index (κ1) is 13.3. The fourth-order valence-electron chi connectivity index (χ4n) is 2.74. The van der Waals surface area contributed by atoms with Gasteiger partial charge in [-0.2, -0.15) is 0 Å². The normalized spacial score (nSPS) is 11.5. The number of para-hydroxylation sites is 1. The molecule has 3 heterocycles. The number of fused-ring (bicyclic) bond motifs is 2. The molecule has 2 N–H and O–H groups in total. The minimum absolute atomic E-state index is 0.0456. The molecule has 4 nitrogen and oxygen atoms in total. The van der Waals surface area contributed by atoms with E-state index in [1.165, 1.54) is 10.3 Å². The smallest absolute Gasteiger partial charge is 0.259 e. The highest BCUT2D eigenvalue weighted by atomic mass is 32.1. The zero-order valence-electron chi connectivity index (χ0n) is 12.1. The topological polar surface area (TPSA) is 61.5 Å². The zero-order valence-corrected chi connectivity index (χ0v) is 13.0. The number of H-pyrrole nitrogens is 2. The van der Waals surface area contributed by atoms with E-state index in [-0.39, 0.29) is 5.56 Å². The Kier molecular flexibility index (Phi) is 3.08. The third kappa shape index (κ3) is 2.14. The monoisotopic (exact) mass is 309 g/mol. The van der Waals surface area contributed by atoms with E-state index in [9.17, 15) is 4.79 Å². The number of rotatable bonds is 3. The van der Waals surface area contributed by atoms with Gasteiger partial charge in [0.2, 0.25) is 0 Å². The Bertz CT molecular complexity index is 1030. The minimum Gasteiger partial charge on any atom is -0.361 e. The third-order valence-electron chi connectivity index (χ3n) is 3.88. The Morgan fingerprint density at radius 2 is 2.09 bits per heavy atom. The van der Waals surface area contributed by atoms with Crippen molar-refractivity contribution in [1.29, 1.82) is 0 Å². The average Bonchev–Trinajstić information content (AvgIpc) is 3.12. The first-order valence-electron chi connectivity index (χ1n) is 7.31. The van der Waals surface area contributed by atoms with E-state index in [4.69, 9.17) is 0 Å². The summed E-state index contributed by atoms with van der Waals surface area (Å²) in [5.74, 6) is 0.715. The summed E-state index contributed by atoms with van der Waals surface area (Å²) in [7, 11) is 0. The number of aromatic nitrogens is 3. The largest absolute Gasteiger partial charge is 0.361 e. The summed E-state index contributed by atoms with van der Waals surface area (Å²) in [6, 6.07) is 10.1. The van der Waals surface area contributed by atoms with Crippen molar-refractivity contribution in [2.45, 2.75) is 19.8 Å². The Morgan fingerprint density at radius 1 is 1.23 bits per heavy atom. The van der Waals surface area contributed by atoms with Crippen molar-refractivity contribution in [1.82, 2.24) is 15.0 Å². The first-order chi connectivity index (χ1) is 10.7. The molecular weight excluding hydrogens is 294 g/mol. The van der Waals surface area contributed by atoms with Gasteiger partial charge in [0, 0.05) is 28.4 Å². The molecule has 3 aromatic heterocycles. The van der Waals surface area contributed by atoms with Gasteiger partial charge in [0.1, 0.15) is 10.7 Å². The molecule has 0 saturated heterocycles. The van der Waals surface area contributed by atoms with Crippen LogP contribution < -0.4 is 5.56 Å². The third-order valence-corrected chi connectivity index (χ3v) is 5.06. The quantitative estimate of drug-likeness (QED) is 0.607. The maximum Gasteiger partial charge on any atom is 0.259 e. The van der Waals surface area contributed by atoms with Crippen LogP contribution in [0.25, 0.3) is 21.1 Å². The van der Waals surface area contributed by atoms with Crippen molar-refractivity contribution in [2.24, 2.45) is 0 Å². The molecule has 5 heteroatoms. The molecule has 1 aromatic carbocycles. The summed E-state index contributed by atoms with van der Waals surface area (Å²) in [4.78, 5) is 25.1. The number of nitrogens with zero attached hydrogens (tertiary/aromatic N) is 1. The van der Waals surface area contributed by atoms with Gasteiger partial charge in [0.15, 0.2) is 0 Å². The van der Waals surface area contributed by atoms with Gasteiger partial charge >= 0.3 is 0 Å². The Morgan fingerprint density at radius 3 is 2.95 bits per heavy atom. The Balaban J connectivity index is 1.79. The average molecular weight is 309 g/mol. The van der Waals surface area contributed by atoms with Gasteiger partial charge in [-0.05, 0) is 24.1 Å². The second-order valence-electron chi connectivity index (χ2n) is 5.33. The molecule has 0 amide bonds. The van der Waals surface area contributed by atoms with E-state index >= 15 is 0 Å². The lowest BCUT2D eigenvalue weighted by Gasteiger charge is -2.00. The lowest BCUT2D eigenvalue weighted by Crippen LogP contribution is -2.10. The standard InChI is InChI=1S/C17H15N3OS/c1-2-11-8-13-16(21)19-15(20-17(13)22-11)7-10-9-18-14-6-4-3-5-12(10)14/h3-6,8-9,18H,2,7H2,1H3,(H,19,20,21). The van der Waals surface area contributed by atoms with Crippen LogP contribution in [0, 0.1) is 0 Å². The van der Waals surface area contributed by atoms with Crippen LogP contribution in [-0.2, 0) is 12.8 Å². The van der Waals surface area contributed by atoms with Gasteiger partial charge < -0.3 is 9.97 Å². The van der Waals surface area contributed by atoms with Crippen molar-refractivity contribution in [3.8, 4) is 0 Å². The molecule has 0 fully saturated rings. The molecule has 110 valence electrons. The highest BCUT2D eigenvalue weighted by Gasteiger charge is 2.10. The van der Waals surface area contributed by atoms with Gasteiger partial charge in [-0.1, -0.05) is 25.1 Å². The summed E-state index contributed by atoms with van der Waals surface area (Å²) in [6.07, 6.45) is 3.54.